The van der Waals surface area contributed by atoms with Gasteiger partial charge in [-0.05, 0) is 36.6 Å². The zero-order valence-electron chi connectivity index (χ0n) is 14.3. The van der Waals surface area contributed by atoms with E-state index < -0.39 is 0 Å². The summed E-state index contributed by atoms with van der Waals surface area (Å²) >= 11 is 0. The van der Waals surface area contributed by atoms with Crippen LogP contribution in [-0.2, 0) is 17.9 Å². The van der Waals surface area contributed by atoms with Crippen molar-refractivity contribution in [2.75, 3.05) is 19.6 Å². The van der Waals surface area contributed by atoms with E-state index in [9.17, 15) is 9.18 Å². The predicted octanol–water partition coefficient (Wildman–Crippen LogP) is 2.59. The number of halogens is 1. The Labute approximate surface area is 147 Å². The molecule has 1 atom stereocenters. The summed E-state index contributed by atoms with van der Waals surface area (Å²) in [6.45, 7) is 4.08. The summed E-state index contributed by atoms with van der Waals surface area (Å²) < 4.78 is 15.5. The minimum atomic E-state index is -0.191. The molecule has 0 spiro atoms. The van der Waals surface area contributed by atoms with Crippen LogP contribution in [0.2, 0.25) is 0 Å². The molecule has 1 unspecified atom stereocenters. The second-order valence-electron chi connectivity index (χ2n) is 6.99. The van der Waals surface area contributed by atoms with Gasteiger partial charge in [0.15, 0.2) is 0 Å². The molecule has 5 nitrogen and oxygen atoms in total. The monoisotopic (exact) mass is 342 g/mol. The van der Waals surface area contributed by atoms with Crippen LogP contribution in [0.4, 0.5) is 4.39 Å². The second kappa shape index (κ2) is 6.96. The van der Waals surface area contributed by atoms with E-state index in [1.54, 1.807) is 12.1 Å². The number of amides is 1. The summed E-state index contributed by atoms with van der Waals surface area (Å²) in [5, 5.41) is 4.48. The lowest BCUT2D eigenvalue weighted by atomic mass is 10.1. The van der Waals surface area contributed by atoms with Gasteiger partial charge in [-0.25, -0.2) is 4.39 Å². The molecule has 2 aliphatic heterocycles. The number of carbonyl (C=O) groups excluding carboxylic acids is 1. The number of fused-ring (bicyclic) bond motifs is 1. The fraction of sp³-hybridized carbons (Fsp3) is 0.474. The molecule has 1 amide bonds. The molecule has 0 aliphatic carbocycles. The van der Waals surface area contributed by atoms with E-state index >= 15 is 0 Å². The van der Waals surface area contributed by atoms with Crippen molar-refractivity contribution in [3.63, 3.8) is 0 Å². The fourth-order valence-electron chi connectivity index (χ4n) is 3.94. The van der Waals surface area contributed by atoms with Crippen LogP contribution in [0.5, 0.6) is 0 Å². The normalized spacial score (nSPS) is 20.9. The molecule has 1 aromatic heterocycles. The van der Waals surface area contributed by atoms with Crippen LogP contribution in [0, 0.1) is 5.82 Å². The van der Waals surface area contributed by atoms with E-state index in [1.165, 1.54) is 11.8 Å². The molecule has 3 heterocycles. The Kier molecular flexibility index (Phi) is 4.53. The van der Waals surface area contributed by atoms with E-state index in [1.807, 2.05) is 23.2 Å². The minimum absolute atomic E-state index is 0.191. The zero-order chi connectivity index (χ0) is 17.2. The van der Waals surface area contributed by atoms with Crippen LogP contribution in [0.1, 0.15) is 36.6 Å². The average molecular weight is 342 g/mol. The summed E-state index contributed by atoms with van der Waals surface area (Å²) in [5.74, 6) is 0.0803. The lowest BCUT2D eigenvalue weighted by molar-refractivity contribution is -0.127. The standard InChI is InChI=1S/C19H23FN4O/c20-16-4-1-3-15(11-16)12-22-13-17-6-8-21-24(17)18(14-22)7-10-23-9-2-5-19(23)25/h1,3-4,6,8,11,18H,2,5,7,9-10,12-14H2. The molecular weight excluding hydrogens is 319 g/mol. The van der Waals surface area contributed by atoms with Crippen LogP contribution in [0.3, 0.4) is 0 Å². The van der Waals surface area contributed by atoms with Crippen LogP contribution in [0.15, 0.2) is 36.5 Å². The maximum atomic E-state index is 13.4. The fourth-order valence-corrected chi connectivity index (χ4v) is 3.94. The van der Waals surface area contributed by atoms with E-state index in [0.29, 0.717) is 6.42 Å². The topological polar surface area (TPSA) is 41.4 Å². The molecule has 6 heteroatoms. The molecule has 2 aliphatic rings. The quantitative estimate of drug-likeness (QED) is 0.839. The number of likely N-dealkylation sites (tertiary alicyclic amines) is 1. The highest BCUT2D eigenvalue weighted by molar-refractivity contribution is 5.77. The van der Waals surface area contributed by atoms with Gasteiger partial charge in [0.1, 0.15) is 5.82 Å². The first kappa shape index (κ1) is 16.3. The third-order valence-electron chi connectivity index (χ3n) is 5.15. The van der Waals surface area contributed by atoms with E-state index in [2.05, 4.69) is 14.7 Å². The largest absolute Gasteiger partial charge is 0.343 e. The van der Waals surface area contributed by atoms with Crippen LogP contribution in [-0.4, -0.2) is 45.1 Å². The highest BCUT2D eigenvalue weighted by atomic mass is 19.1. The molecule has 4 rings (SSSR count). The molecule has 0 bridgehead atoms. The highest BCUT2D eigenvalue weighted by Crippen LogP contribution is 2.25. The van der Waals surface area contributed by atoms with Gasteiger partial charge < -0.3 is 4.90 Å². The molecule has 0 radical (unpaired) electrons. The van der Waals surface area contributed by atoms with Crippen molar-refractivity contribution < 1.29 is 9.18 Å². The summed E-state index contributed by atoms with van der Waals surface area (Å²) in [6, 6.07) is 9.10. The van der Waals surface area contributed by atoms with Crippen molar-refractivity contribution in [2.24, 2.45) is 0 Å². The van der Waals surface area contributed by atoms with Crippen molar-refractivity contribution in [3.8, 4) is 0 Å². The van der Waals surface area contributed by atoms with Crippen molar-refractivity contribution in [3.05, 3.63) is 53.6 Å². The Hall–Kier alpha value is -2.21. The maximum Gasteiger partial charge on any atom is 0.222 e. The van der Waals surface area contributed by atoms with Gasteiger partial charge in [-0.2, -0.15) is 5.10 Å². The Morgan fingerprint density at radius 2 is 2.20 bits per heavy atom. The minimum Gasteiger partial charge on any atom is -0.343 e. The molecular formula is C19H23FN4O. The van der Waals surface area contributed by atoms with Gasteiger partial charge in [0.2, 0.25) is 5.91 Å². The molecule has 1 saturated heterocycles. The third-order valence-corrected chi connectivity index (χ3v) is 5.15. The van der Waals surface area contributed by atoms with Gasteiger partial charge in [-0.15, -0.1) is 0 Å². The first-order valence-corrected chi connectivity index (χ1v) is 8.96. The van der Waals surface area contributed by atoms with Gasteiger partial charge in [-0.3, -0.25) is 14.4 Å². The summed E-state index contributed by atoms with van der Waals surface area (Å²) in [5.41, 5.74) is 2.17. The average Bonchev–Trinajstić information content (AvgIpc) is 3.21. The number of aromatic nitrogens is 2. The Morgan fingerprint density at radius 3 is 3.00 bits per heavy atom. The van der Waals surface area contributed by atoms with Crippen molar-refractivity contribution in [1.29, 1.82) is 0 Å². The number of nitrogens with zero attached hydrogens (tertiary/aromatic N) is 4. The van der Waals surface area contributed by atoms with Gasteiger partial charge in [-0.1, -0.05) is 12.1 Å². The maximum absolute atomic E-state index is 13.4. The van der Waals surface area contributed by atoms with Crippen LogP contribution >= 0.6 is 0 Å². The number of benzene rings is 1. The molecule has 1 fully saturated rings. The summed E-state index contributed by atoms with van der Waals surface area (Å²) in [6.07, 6.45) is 4.40. The van der Waals surface area contributed by atoms with Crippen LogP contribution < -0.4 is 0 Å². The molecule has 1 aromatic carbocycles. The SMILES string of the molecule is O=C1CCCN1CCC1CN(Cc2cccc(F)c2)Cc2ccnn21. The van der Waals surface area contributed by atoms with E-state index in [4.69, 9.17) is 0 Å². The Balaban J connectivity index is 1.44. The Morgan fingerprint density at radius 1 is 1.28 bits per heavy atom. The molecule has 25 heavy (non-hydrogen) atoms. The molecule has 0 N–H and O–H groups in total. The Bertz CT molecular complexity index is 759. The zero-order valence-corrected chi connectivity index (χ0v) is 14.3. The highest BCUT2D eigenvalue weighted by Gasteiger charge is 2.27. The molecule has 2 aromatic rings. The van der Waals surface area contributed by atoms with Crippen molar-refractivity contribution in [2.45, 2.75) is 38.4 Å². The second-order valence-corrected chi connectivity index (χ2v) is 6.99. The van der Waals surface area contributed by atoms with E-state index in [0.717, 1.165) is 51.1 Å². The molecule has 0 saturated carbocycles. The van der Waals surface area contributed by atoms with Crippen molar-refractivity contribution in [1.82, 2.24) is 19.6 Å². The van der Waals surface area contributed by atoms with Crippen LogP contribution in [0.25, 0.3) is 0 Å². The van der Waals surface area contributed by atoms with E-state index in [-0.39, 0.29) is 17.8 Å². The number of hydrogen-bond donors (Lipinski definition) is 0. The molecule has 132 valence electrons. The smallest absolute Gasteiger partial charge is 0.222 e. The number of carbonyl (C=O) groups is 1. The lowest BCUT2D eigenvalue weighted by Crippen LogP contribution is -2.39. The predicted molar refractivity (Wildman–Crippen MR) is 92.2 cm³/mol. The van der Waals surface area contributed by atoms with Gasteiger partial charge in [0.25, 0.3) is 0 Å². The first-order valence-electron chi connectivity index (χ1n) is 8.96. The third kappa shape index (κ3) is 3.58. The summed E-state index contributed by atoms with van der Waals surface area (Å²) in [7, 11) is 0. The number of rotatable bonds is 5. The lowest BCUT2D eigenvalue weighted by Gasteiger charge is -2.34. The first-order chi connectivity index (χ1) is 12.2. The van der Waals surface area contributed by atoms with Gasteiger partial charge >= 0.3 is 0 Å². The van der Waals surface area contributed by atoms with Gasteiger partial charge in [0.05, 0.1) is 11.7 Å². The van der Waals surface area contributed by atoms with Gasteiger partial charge in [0, 0.05) is 45.3 Å². The number of hydrogen-bond acceptors (Lipinski definition) is 3. The van der Waals surface area contributed by atoms with Crippen molar-refractivity contribution >= 4 is 5.91 Å². The summed E-state index contributed by atoms with van der Waals surface area (Å²) in [4.78, 5) is 16.1.